The summed E-state index contributed by atoms with van der Waals surface area (Å²) in [6, 6.07) is 12.0. The van der Waals surface area contributed by atoms with Gasteiger partial charge in [-0.1, -0.05) is 6.07 Å². The Bertz CT molecular complexity index is 1240. The normalized spacial score (nSPS) is 11.8. The second kappa shape index (κ2) is 7.33. The largest absolute Gasteiger partial charge is 0.406 e. The van der Waals surface area contributed by atoms with Gasteiger partial charge < -0.3 is 9.88 Å². The van der Waals surface area contributed by atoms with Gasteiger partial charge >= 0.3 is 6.18 Å². The molecule has 0 aliphatic carbocycles. The summed E-state index contributed by atoms with van der Waals surface area (Å²) >= 11 is 0. The molecule has 1 amide bonds. The summed E-state index contributed by atoms with van der Waals surface area (Å²) in [5.74, 6) is -0.267. The monoisotopic (exact) mass is 413 g/mol. The van der Waals surface area contributed by atoms with Crippen molar-refractivity contribution in [1.29, 1.82) is 0 Å². The molecule has 3 aromatic heterocycles. The summed E-state index contributed by atoms with van der Waals surface area (Å²) in [7, 11) is 1.69. The molecule has 30 heavy (non-hydrogen) atoms. The molecule has 1 N–H and O–H groups in total. The molecule has 0 fully saturated rings. The number of anilines is 1. The third-order valence-electron chi connectivity index (χ3n) is 4.80. The molecule has 4 rings (SSSR count). The van der Waals surface area contributed by atoms with Gasteiger partial charge in [0.1, 0.15) is 12.2 Å². The number of hydrogen-bond acceptors (Lipinski definition) is 3. The number of halogens is 3. The number of alkyl halides is 3. The molecular formula is C21H18F3N5O. The Kier molecular flexibility index (Phi) is 4.81. The van der Waals surface area contributed by atoms with Crippen LogP contribution >= 0.6 is 0 Å². The summed E-state index contributed by atoms with van der Waals surface area (Å²) in [5.41, 5.74) is 4.28. The zero-order valence-corrected chi connectivity index (χ0v) is 16.2. The van der Waals surface area contributed by atoms with E-state index in [0.717, 1.165) is 15.7 Å². The van der Waals surface area contributed by atoms with E-state index in [1.165, 1.54) is 10.9 Å². The summed E-state index contributed by atoms with van der Waals surface area (Å²) in [5, 5.41) is 6.84. The number of carbonyl (C=O) groups excluding carboxylic acids is 1. The van der Waals surface area contributed by atoms with Crippen LogP contribution in [0.3, 0.4) is 0 Å². The van der Waals surface area contributed by atoms with Crippen molar-refractivity contribution in [2.75, 3.05) is 5.32 Å². The molecule has 9 heteroatoms. The van der Waals surface area contributed by atoms with Gasteiger partial charge in [-0.2, -0.15) is 18.3 Å². The van der Waals surface area contributed by atoms with Gasteiger partial charge in [-0.15, -0.1) is 0 Å². The van der Waals surface area contributed by atoms with Crippen LogP contribution in [0.15, 0.2) is 54.9 Å². The number of aromatic nitrogens is 4. The van der Waals surface area contributed by atoms with Crippen molar-refractivity contribution >= 4 is 22.6 Å². The van der Waals surface area contributed by atoms with Gasteiger partial charge in [0.2, 0.25) is 0 Å². The number of pyridine rings is 1. The second-order valence-corrected chi connectivity index (χ2v) is 6.98. The summed E-state index contributed by atoms with van der Waals surface area (Å²) < 4.78 is 40.7. The first-order valence-corrected chi connectivity index (χ1v) is 9.14. The lowest BCUT2D eigenvalue weighted by atomic mass is 10.1. The number of fused-ring (bicyclic) bond motifs is 1. The molecule has 0 saturated carbocycles. The van der Waals surface area contributed by atoms with E-state index >= 15 is 0 Å². The Morgan fingerprint density at radius 1 is 1.13 bits per heavy atom. The minimum atomic E-state index is -4.29. The molecule has 6 nitrogen and oxygen atoms in total. The van der Waals surface area contributed by atoms with Crippen LogP contribution in [-0.4, -0.2) is 31.4 Å². The maximum atomic E-state index is 12.7. The van der Waals surface area contributed by atoms with Crippen molar-refractivity contribution in [3.8, 4) is 11.3 Å². The molecule has 0 aliphatic rings. The number of amides is 1. The van der Waals surface area contributed by atoms with Crippen LogP contribution in [-0.2, 0) is 13.6 Å². The number of nitrogens with one attached hydrogen (secondary N) is 1. The average Bonchev–Trinajstić information content (AvgIpc) is 3.28. The Balaban J connectivity index is 1.59. The Hall–Kier alpha value is -3.62. The van der Waals surface area contributed by atoms with E-state index in [0.29, 0.717) is 28.1 Å². The lowest BCUT2D eigenvalue weighted by Crippen LogP contribution is -2.16. The Morgan fingerprint density at radius 3 is 2.60 bits per heavy atom. The minimum Gasteiger partial charge on any atom is -0.337 e. The molecule has 0 unspecified atom stereocenters. The smallest absolute Gasteiger partial charge is 0.337 e. The molecule has 154 valence electrons. The summed E-state index contributed by atoms with van der Waals surface area (Å²) in [6.45, 7) is 0.808. The van der Waals surface area contributed by atoms with Crippen molar-refractivity contribution in [2.45, 2.75) is 19.6 Å². The molecule has 0 bridgehead atoms. The van der Waals surface area contributed by atoms with Gasteiger partial charge in [0.15, 0.2) is 0 Å². The van der Waals surface area contributed by atoms with Crippen molar-refractivity contribution < 1.29 is 18.0 Å². The molecule has 0 spiro atoms. The SMILES string of the molecule is Cc1cc(-c2ccc3c(ccn3CC(F)(F)F)n2)ccc1NC(=O)c1ccnn1C. The number of nitrogens with zero attached hydrogens (tertiary/aromatic N) is 4. The van der Waals surface area contributed by atoms with Crippen LogP contribution in [0.1, 0.15) is 16.1 Å². The highest BCUT2D eigenvalue weighted by Crippen LogP contribution is 2.27. The summed E-state index contributed by atoms with van der Waals surface area (Å²) in [6.07, 6.45) is -1.36. The van der Waals surface area contributed by atoms with Gasteiger partial charge in [0.05, 0.1) is 16.7 Å². The van der Waals surface area contributed by atoms with Crippen LogP contribution in [0.25, 0.3) is 22.3 Å². The number of aryl methyl sites for hydroxylation is 2. The quantitative estimate of drug-likeness (QED) is 0.534. The van der Waals surface area contributed by atoms with Crippen molar-refractivity contribution in [1.82, 2.24) is 19.3 Å². The third kappa shape index (κ3) is 3.91. The van der Waals surface area contributed by atoms with Crippen LogP contribution in [0.4, 0.5) is 18.9 Å². The van der Waals surface area contributed by atoms with E-state index in [4.69, 9.17) is 0 Å². The highest BCUT2D eigenvalue weighted by Gasteiger charge is 2.28. The number of carbonyl (C=O) groups is 1. The fraction of sp³-hybridized carbons (Fsp3) is 0.190. The number of rotatable bonds is 4. The lowest BCUT2D eigenvalue weighted by Gasteiger charge is -2.11. The Morgan fingerprint density at radius 2 is 1.93 bits per heavy atom. The predicted octanol–water partition coefficient (Wildman–Crippen LogP) is 4.56. The molecule has 4 aromatic rings. The van der Waals surface area contributed by atoms with E-state index in [-0.39, 0.29) is 5.91 Å². The maximum absolute atomic E-state index is 12.7. The van der Waals surface area contributed by atoms with E-state index in [1.807, 2.05) is 19.1 Å². The molecule has 0 saturated heterocycles. The van der Waals surface area contributed by atoms with Gasteiger partial charge in [-0.05, 0) is 48.9 Å². The van der Waals surface area contributed by atoms with Crippen LogP contribution in [0.5, 0.6) is 0 Å². The first kappa shape index (κ1) is 19.7. The molecule has 0 radical (unpaired) electrons. The van der Waals surface area contributed by atoms with Crippen LogP contribution in [0.2, 0.25) is 0 Å². The van der Waals surface area contributed by atoms with Crippen molar-refractivity contribution in [3.05, 3.63) is 66.1 Å². The van der Waals surface area contributed by atoms with Crippen LogP contribution in [0, 0.1) is 6.92 Å². The molecule has 0 aliphatic heterocycles. The molecule has 0 atom stereocenters. The minimum absolute atomic E-state index is 0.267. The second-order valence-electron chi connectivity index (χ2n) is 6.98. The standard InChI is InChI=1S/C21H18F3N5O/c1-13-11-14(3-4-15(13)27-20(30)19-7-9-25-28(19)2)16-5-6-18-17(26-16)8-10-29(18)12-21(22,23)24/h3-11H,12H2,1-2H3,(H,27,30). The van der Waals surface area contributed by atoms with E-state index in [1.54, 1.807) is 43.6 Å². The highest BCUT2D eigenvalue weighted by atomic mass is 19.4. The van der Waals surface area contributed by atoms with E-state index in [9.17, 15) is 18.0 Å². The van der Waals surface area contributed by atoms with E-state index in [2.05, 4.69) is 15.4 Å². The molecular weight excluding hydrogens is 395 g/mol. The van der Waals surface area contributed by atoms with Crippen LogP contribution < -0.4 is 5.32 Å². The van der Waals surface area contributed by atoms with Gasteiger partial charge in [-0.25, -0.2) is 4.98 Å². The maximum Gasteiger partial charge on any atom is 0.406 e. The molecule has 3 heterocycles. The predicted molar refractivity (Wildman–Crippen MR) is 107 cm³/mol. The van der Waals surface area contributed by atoms with Gasteiger partial charge in [0, 0.05) is 30.7 Å². The average molecular weight is 413 g/mol. The number of hydrogen-bond donors (Lipinski definition) is 1. The fourth-order valence-corrected chi connectivity index (χ4v) is 3.31. The fourth-order valence-electron chi connectivity index (χ4n) is 3.31. The van der Waals surface area contributed by atoms with Crippen molar-refractivity contribution in [2.24, 2.45) is 7.05 Å². The first-order chi connectivity index (χ1) is 14.2. The lowest BCUT2D eigenvalue weighted by molar-refractivity contribution is -0.139. The third-order valence-corrected chi connectivity index (χ3v) is 4.80. The van der Waals surface area contributed by atoms with Gasteiger partial charge in [-0.3, -0.25) is 9.48 Å². The summed E-state index contributed by atoms with van der Waals surface area (Å²) in [4.78, 5) is 16.9. The highest BCUT2D eigenvalue weighted by molar-refractivity contribution is 6.03. The van der Waals surface area contributed by atoms with Crippen molar-refractivity contribution in [3.63, 3.8) is 0 Å². The zero-order valence-electron chi connectivity index (χ0n) is 16.2. The van der Waals surface area contributed by atoms with E-state index < -0.39 is 12.7 Å². The molecule has 1 aromatic carbocycles. The van der Waals surface area contributed by atoms with Gasteiger partial charge in [0.25, 0.3) is 5.91 Å². The number of benzene rings is 1. The zero-order chi connectivity index (χ0) is 21.5. The topological polar surface area (TPSA) is 64.7 Å². The first-order valence-electron chi connectivity index (χ1n) is 9.14. The Labute approximate surface area is 170 Å².